The van der Waals surface area contributed by atoms with E-state index in [-0.39, 0.29) is 54.7 Å². The van der Waals surface area contributed by atoms with Gasteiger partial charge in [0.25, 0.3) is 0 Å². The number of carbonyl (C=O) groups excluding carboxylic acids is 3. The standard InChI is InChI=1S/C30H33ClF3N5O8S2/c1-19-21(38-10-4-7-27(38)40)5-3-6-25(19)49(43,44)39(30(32,33)29(42)46-34)22(28(41)37-13-11-36(12-14-37)15-16-45-2)17-20-18-23(47-35-20)24-8-9-26(31)48-24/h3,5-6,8-9,18,22H,4,7,10-17H2,1-2H3/t22-/m0/s1. The average Bonchev–Trinajstić information content (AvgIpc) is 3.84. The molecule has 0 spiro atoms. The molecule has 19 heteroatoms. The molecule has 1 aromatic carbocycles. The first-order valence-electron chi connectivity index (χ1n) is 15.2. The smallest absolute Gasteiger partial charge is 0.383 e. The van der Waals surface area contributed by atoms with E-state index in [0.717, 1.165) is 17.4 Å². The van der Waals surface area contributed by atoms with E-state index in [2.05, 4.69) is 10.1 Å². The maximum absolute atomic E-state index is 16.1. The number of piperazine rings is 1. The molecule has 49 heavy (non-hydrogen) atoms. The van der Waals surface area contributed by atoms with E-state index in [0.29, 0.717) is 41.9 Å². The number of carbonyl (C=O) groups is 3. The highest BCUT2D eigenvalue weighted by Crippen LogP contribution is 2.38. The number of alkyl halides is 2. The van der Waals surface area contributed by atoms with Crippen molar-refractivity contribution in [2.75, 3.05) is 57.9 Å². The van der Waals surface area contributed by atoms with Crippen LogP contribution in [0.3, 0.4) is 0 Å². The Morgan fingerprint density at radius 3 is 2.51 bits per heavy atom. The number of hydrogen-bond acceptors (Lipinski definition) is 11. The van der Waals surface area contributed by atoms with Gasteiger partial charge < -0.3 is 19.1 Å². The van der Waals surface area contributed by atoms with Crippen LogP contribution in [0, 0.1) is 6.92 Å². The summed E-state index contributed by atoms with van der Waals surface area (Å²) in [6, 6.07) is 0.666. The number of aromatic nitrogens is 1. The van der Waals surface area contributed by atoms with Crippen LogP contribution in [0.4, 0.5) is 19.0 Å². The summed E-state index contributed by atoms with van der Waals surface area (Å²) in [5.41, 5.74) is -0.0662. The van der Waals surface area contributed by atoms with Crippen molar-refractivity contribution in [3.8, 4) is 10.6 Å². The van der Waals surface area contributed by atoms with Crippen molar-refractivity contribution < 1.29 is 50.3 Å². The van der Waals surface area contributed by atoms with Crippen LogP contribution in [0.2, 0.25) is 4.34 Å². The first kappa shape index (κ1) is 36.7. The Morgan fingerprint density at radius 2 is 1.90 bits per heavy atom. The van der Waals surface area contributed by atoms with Crippen LogP contribution in [-0.4, -0.2) is 111 Å². The van der Waals surface area contributed by atoms with Crippen molar-refractivity contribution in [1.29, 1.82) is 0 Å². The molecule has 2 fully saturated rings. The summed E-state index contributed by atoms with van der Waals surface area (Å²) in [5.74, 6) is -4.08. The van der Waals surface area contributed by atoms with Crippen molar-refractivity contribution in [1.82, 2.24) is 19.3 Å². The third kappa shape index (κ3) is 7.63. The van der Waals surface area contributed by atoms with Crippen LogP contribution in [0.15, 0.2) is 45.8 Å². The monoisotopic (exact) mass is 747 g/mol. The molecule has 1 atom stereocenters. The number of thiophene rings is 1. The average molecular weight is 748 g/mol. The number of anilines is 1. The SMILES string of the molecule is COCCN1CCN(C(=O)[C@H](Cc2cc(-c3ccc(Cl)s3)on2)N(C(F)(F)C(=O)OF)S(=O)(=O)c2cccc(N3CCCC3=O)c2C)CC1. The Balaban J connectivity index is 1.61. The molecule has 5 rings (SSSR count). The van der Waals surface area contributed by atoms with E-state index in [1.807, 2.05) is 4.90 Å². The third-order valence-electron chi connectivity index (χ3n) is 8.39. The van der Waals surface area contributed by atoms with Gasteiger partial charge in [0.15, 0.2) is 5.76 Å². The Hall–Kier alpha value is -3.55. The minimum absolute atomic E-state index is 0.0232. The normalized spacial score (nSPS) is 16.8. The number of rotatable bonds is 13. The zero-order valence-corrected chi connectivity index (χ0v) is 28.8. The van der Waals surface area contributed by atoms with Crippen LogP contribution in [0.25, 0.3) is 10.6 Å². The van der Waals surface area contributed by atoms with Crippen molar-refractivity contribution in [2.24, 2.45) is 0 Å². The predicted octanol–water partition coefficient (Wildman–Crippen LogP) is 3.90. The number of halogens is 4. The lowest BCUT2D eigenvalue weighted by Gasteiger charge is -2.39. The minimum atomic E-state index is -5.55. The Labute approximate surface area is 289 Å². The van der Waals surface area contributed by atoms with Crippen molar-refractivity contribution in [3.63, 3.8) is 0 Å². The van der Waals surface area contributed by atoms with Crippen LogP contribution < -0.4 is 4.90 Å². The van der Waals surface area contributed by atoms with Gasteiger partial charge in [0.05, 0.1) is 26.4 Å². The number of sulfonamides is 1. The second kappa shape index (κ2) is 15.1. The van der Waals surface area contributed by atoms with Gasteiger partial charge in [0.2, 0.25) is 21.8 Å². The van der Waals surface area contributed by atoms with Gasteiger partial charge in [-0.05, 0) is 43.2 Å². The lowest BCUT2D eigenvalue weighted by atomic mass is 10.1. The molecule has 0 radical (unpaired) electrons. The summed E-state index contributed by atoms with van der Waals surface area (Å²) in [6.07, 6.45) is -0.104. The Bertz CT molecular complexity index is 1800. The van der Waals surface area contributed by atoms with Crippen LogP contribution in [-0.2, 0) is 40.5 Å². The summed E-state index contributed by atoms with van der Waals surface area (Å²) in [7, 11) is -4.02. The maximum atomic E-state index is 16.1. The van der Waals surface area contributed by atoms with Gasteiger partial charge >= 0.3 is 12.0 Å². The molecule has 2 aliphatic rings. The molecule has 0 bridgehead atoms. The van der Waals surface area contributed by atoms with Gasteiger partial charge in [-0.25, -0.2) is 18.2 Å². The van der Waals surface area contributed by atoms with E-state index < -0.39 is 49.6 Å². The minimum Gasteiger partial charge on any atom is -0.383 e. The lowest BCUT2D eigenvalue weighted by Crippen LogP contribution is -2.62. The van der Waals surface area contributed by atoms with Crippen molar-refractivity contribution >= 4 is 56.4 Å². The van der Waals surface area contributed by atoms with Crippen LogP contribution >= 0.6 is 22.9 Å². The first-order chi connectivity index (χ1) is 23.3. The Morgan fingerprint density at radius 1 is 1.16 bits per heavy atom. The highest BCUT2D eigenvalue weighted by Gasteiger charge is 2.60. The molecule has 2 aromatic heterocycles. The molecule has 3 aromatic rings. The fourth-order valence-electron chi connectivity index (χ4n) is 5.90. The molecular weight excluding hydrogens is 715 g/mol. The number of ether oxygens (including phenoxy) is 1. The molecule has 2 saturated heterocycles. The van der Waals surface area contributed by atoms with Gasteiger partial charge in [0.1, 0.15) is 6.04 Å². The van der Waals surface area contributed by atoms with Crippen molar-refractivity contribution in [2.45, 2.75) is 43.2 Å². The number of amides is 2. The van der Waals surface area contributed by atoms with E-state index in [9.17, 15) is 27.3 Å². The summed E-state index contributed by atoms with van der Waals surface area (Å²) in [6.45, 7) is 3.19. The number of methoxy groups -OCH3 is 1. The van der Waals surface area contributed by atoms with Gasteiger partial charge in [0, 0.05) is 75.5 Å². The van der Waals surface area contributed by atoms with Gasteiger partial charge in [-0.15, -0.1) is 15.6 Å². The molecule has 2 aliphatic heterocycles. The highest BCUT2D eigenvalue weighted by molar-refractivity contribution is 7.89. The molecule has 0 N–H and O–H groups in total. The predicted molar refractivity (Wildman–Crippen MR) is 171 cm³/mol. The fourth-order valence-corrected chi connectivity index (χ4v) is 8.72. The summed E-state index contributed by atoms with van der Waals surface area (Å²) in [5, 5.41) is 3.89. The number of hydrogen-bond donors (Lipinski definition) is 0. The van der Waals surface area contributed by atoms with E-state index >= 15 is 8.78 Å². The zero-order chi connectivity index (χ0) is 35.5. The van der Waals surface area contributed by atoms with Crippen molar-refractivity contribution in [3.05, 3.63) is 52.0 Å². The second-order valence-corrected chi connectivity index (χ2v) is 14.9. The van der Waals surface area contributed by atoms with Crippen LogP contribution in [0.5, 0.6) is 0 Å². The quantitative estimate of drug-likeness (QED) is 0.236. The van der Waals surface area contributed by atoms with E-state index in [1.165, 1.54) is 42.0 Å². The largest absolute Gasteiger partial charge is 0.435 e. The van der Waals surface area contributed by atoms with E-state index in [1.54, 1.807) is 12.1 Å². The lowest BCUT2D eigenvalue weighted by molar-refractivity contribution is -0.230. The van der Waals surface area contributed by atoms with Crippen LogP contribution in [0.1, 0.15) is 24.1 Å². The topological polar surface area (TPSA) is 143 Å². The molecule has 0 saturated carbocycles. The molecule has 4 heterocycles. The Kier molecular flexibility index (Phi) is 11.3. The maximum Gasteiger partial charge on any atom is 0.435 e. The molecule has 0 unspecified atom stereocenters. The second-order valence-electron chi connectivity index (χ2n) is 11.4. The first-order valence-corrected chi connectivity index (χ1v) is 17.8. The zero-order valence-electron chi connectivity index (χ0n) is 26.4. The number of benzene rings is 1. The van der Waals surface area contributed by atoms with Gasteiger partial charge in [-0.2, -0.15) is 8.78 Å². The molecule has 2 amide bonds. The van der Waals surface area contributed by atoms with Gasteiger partial charge in [-0.3, -0.25) is 14.5 Å². The third-order valence-corrected chi connectivity index (χ3v) is 11.6. The summed E-state index contributed by atoms with van der Waals surface area (Å²) < 4.78 is 84.7. The molecule has 0 aliphatic carbocycles. The molecule has 266 valence electrons. The molecular formula is C30H33ClF3N5O8S2. The van der Waals surface area contributed by atoms with E-state index in [4.69, 9.17) is 20.9 Å². The highest BCUT2D eigenvalue weighted by atomic mass is 35.5. The van der Waals surface area contributed by atoms with Gasteiger partial charge in [-0.1, -0.05) is 22.8 Å². The fraction of sp³-hybridized carbons (Fsp3) is 0.467. The number of nitrogens with zero attached hydrogens (tertiary/aromatic N) is 5. The molecule has 13 nitrogen and oxygen atoms in total. The summed E-state index contributed by atoms with van der Waals surface area (Å²) in [4.78, 5) is 46.3. The summed E-state index contributed by atoms with van der Waals surface area (Å²) >= 11 is 7.15.